The van der Waals surface area contributed by atoms with Crippen LogP contribution in [0.25, 0.3) is 0 Å². The van der Waals surface area contributed by atoms with Crippen LogP contribution in [0.4, 0.5) is 0 Å². The van der Waals surface area contributed by atoms with Crippen LogP contribution in [0.1, 0.15) is 36.8 Å². The van der Waals surface area contributed by atoms with Crippen molar-refractivity contribution in [1.29, 1.82) is 0 Å². The van der Waals surface area contributed by atoms with E-state index in [1.54, 1.807) is 42.5 Å². The Bertz CT molecular complexity index is 1180. The van der Waals surface area contributed by atoms with E-state index in [4.69, 9.17) is 11.5 Å². The second-order valence-electron chi connectivity index (χ2n) is 9.57. The lowest BCUT2D eigenvalue weighted by Gasteiger charge is -2.25. The van der Waals surface area contributed by atoms with Gasteiger partial charge in [-0.3, -0.25) is 19.2 Å². The maximum absolute atomic E-state index is 13.1. The summed E-state index contributed by atoms with van der Waals surface area (Å²) >= 11 is 0. The molecule has 0 spiro atoms. The zero-order chi connectivity index (χ0) is 30.4. The van der Waals surface area contributed by atoms with Crippen LogP contribution in [0, 0.1) is 0 Å². The number of nitrogens with one attached hydrogen (secondary N) is 3. The number of carbonyl (C=O) groups excluding carboxylic acids is 3. The van der Waals surface area contributed by atoms with Gasteiger partial charge >= 0.3 is 11.9 Å². The number of phenols is 1. The first-order valence-corrected chi connectivity index (χ1v) is 13.1. The molecule has 10 N–H and O–H groups in total. The molecule has 2 aromatic carbocycles. The largest absolute Gasteiger partial charge is 0.508 e. The van der Waals surface area contributed by atoms with Gasteiger partial charge in [0.2, 0.25) is 17.7 Å². The number of aliphatic carboxylic acids is 2. The van der Waals surface area contributed by atoms with Gasteiger partial charge in [-0.1, -0.05) is 42.5 Å². The lowest BCUT2D eigenvalue weighted by molar-refractivity contribution is -0.143. The number of aromatic hydroxyl groups is 1. The molecule has 3 amide bonds. The number of benzene rings is 2. The Morgan fingerprint density at radius 3 is 1.85 bits per heavy atom. The summed E-state index contributed by atoms with van der Waals surface area (Å²) in [5.74, 6) is -5.13. The topological polar surface area (TPSA) is 234 Å². The van der Waals surface area contributed by atoms with E-state index in [1.165, 1.54) is 12.1 Å². The van der Waals surface area contributed by atoms with Gasteiger partial charge in [-0.15, -0.1) is 0 Å². The van der Waals surface area contributed by atoms with Crippen LogP contribution in [-0.4, -0.2) is 75.7 Å². The molecule has 0 bridgehead atoms. The summed E-state index contributed by atoms with van der Waals surface area (Å²) in [5, 5.41) is 35.6. The SMILES string of the molecule is NCCCCC(NC(=O)C(CC(=O)O)NC(=O)C(N)Cc1ccc(O)cc1)C(=O)NC(Cc1ccccc1)C(=O)O. The molecule has 0 saturated carbocycles. The number of rotatable bonds is 17. The summed E-state index contributed by atoms with van der Waals surface area (Å²) in [6.45, 7) is 0.324. The predicted octanol–water partition coefficient (Wildman–Crippen LogP) is -0.353. The van der Waals surface area contributed by atoms with Crippen molar-refractivity contribution in [2.45, 2.75) is 62.7 Å². The molecular formula is C28H37N5O8. The Labute approximate surface area is 237 Å². The number of hydrogen-bond acceptors (Lipinski definition) is 8. The molecule has 0 aliphatic heterocycles. The number of unbranched alkanes of at least 4 members (excludes halogenated alkanes) is 1. The third kappa shape index (κ3) is 11.6. The fourth-order valence-electron chi connectivity index (χ4n) is 4.00. The maximum Gasteiger partial charge on any atom is 0.326 e. The number of carboxylic acids is 2. The minimum atomic E-state index is -1.56. The molecule has 2 aromatic rings. The molecule has 13 heteroatoms. The van der Waals surface area contributed by atoms with E-state index in [9.17, 15) is 39.3 Å². The van der Waals surface area contributed by atoms with Crippen LogP contribution in [0.5, 0.6) is 5.75 Å². The minimum Gasteiger partial charge on any atom is -0.508 e. The third-order valence-electron chi connectivity index (χ3n) is 6.22. The molecular weight excluding hydrogens is 534 g/mol. The molecule has 0 fully saturated rings. The number of carboxylic acid groups (broad SMARTS) is 2. The van der Waals surface area contributed by atoms with E-state index < -0.39 is 60.2 Å². The predicted molar refractivity (Wildman–Crippen MR) is 149 cm³/mol. The highest BCUT2D eigenvalue weighted by molar-refractivity contribution is 5.95. The maximum atomic E-state index is 13.1. The van der Waals surface area contributed by atoms with E-state index in [0.717, 1.165) is 0 Å². The molecule has 0 aromatic heterocycles. The Morgan fingerprint density at radius 1 is 0.707 bits per heavy atom. The Balaban J connectivity index is 2.13. The lowest BCUT2D eigenvalue weighted by atomic mass is 10.0. The van der Waals surface area contributed by atoms with E-state index in [2.05, 4.69) is 16.0 Å². The Morgan fingerprint density at radius 2 is 1.27 bits per heavy atom. The number of amides is 3. The van der Waals surface area contributed by atoms with Crippen molar-refractivity contribution in [3.63, 3.8) is 0 Å². The highest BCUT2D eigenvalue weighted by Gasteiger charge is 2.31. The highest BCUT2D eigenvalue weighted by atomic mass is 16.4. The van der Waals surface area contributed by atoms with E-state index in [0.29, 0.717) is 30.5 Å². The van der Waals surface area contributed by atoms with Gasteiger partial charge < -0.3 is 42.7 Å². The lowest BCUT2D eigenvalue weighted by Crippen LogP contribution is -2.57. The van der Waals surface area contributed by atoms with Gasteiger partial charge in [0, 0.05) is 6.42 Å². The highest BCUT2D eigenvalue weighted by Crippen LogP contribution is 2.11. The summed E-state index contributed by atoms with van der Waals surface area (Å²) in [5.41, 5.74) is 12.8. The van der Waals surface area contributed by atoms with Crippen LogP contribution in [-0.2, 0) is 36.8 Å². The molecule has 0 aliphatic rings. The van der Waals surface area contributed by atoms with Crippen LogP contribution >= 0.6 is 0 Å². The van der Waals surface area contributed by atoms with Crippen molar-refractivity contribution in [2.24, 2.45) is 11.5 Å². The van der Waals surface area contributed by atoms with Gasteiger partial charge in [0.15, 0.2) is 0 Å². The molecule has 0 radical (unpaired) electrons. The second kappa shape index (κ2) is 16.6. The van der Waals surface area contributed by atoms with Crippen molar-refractivity contribution < 1.29 is 39.3 Å². The quantitative estimate of drug-likeness (QED) is 0.115. The molecule has 0 heterocycles. The molecule has 4 unspecified atom stereocenters. The molecule has 41 heavy (non-hydrogen) atoms. The van der Waals surface area contributed by atoms with Crippen molar-refractivity contribution in [1.82, 2.24) is 16.0 Å². The van der Waals surface area contributed by atoms with Crippen LogP contribution in [0.2, 0.25) is 0 Å². The molecule has 0 aliphatic carbocycles. The van der Waals surface area contributed by atoms with Gasteiger partial charge in [0.05, 0.1) is 12.5 Å². The Kier molecular flexibility index (Phi) is 13.2. The zero-order valence-corrected chi connectivity index (χ0v) is 22.5. The normalized spacial score (nSPS) is 13.7. The first kappa shape index (κ1) is 32.7. The second-order valence-corrected chi connectivity index (χ2v) is 9.57. The first-order valence-electron chi connectivity index (χ1n) is 13.1. The zero-order valence-electron chi connectivity index (χ0n) is 22.5. The van der Waals surface area contributed by atoms with Gasteiger partial charge in [-0.2, -0.15) is 0 Å². The number of phenolic OH excluding ortho intramolecular Hbond substituents is 1. The van der Waals surface area contributed by atoms with Gasteiger partial charge in [-0.25, -0.2) is 4.79 Å². The average molecular weight is 572 g/mol. The van der Waals surface area contributed by atoms with Crippen molar-refractivity contribution in [3.8, 4) is 5.75 Å². The fraction of sp³-hybridized carbons (Fsp3) is 0.393. The van der Waals surface area contributed by atoms with Crippen molar-refractivity contribution in [3.05, 3.63) is 65.7 Å². The molecule has 2 rings (SSSR count). The van der Waals surface area contributed by atoms with Gasteiger partial charge in [0.1, 0.15) is 23.9 Å². The average Bonchev–Trinajstić information content (AvgIpc) is 2.93. The van der Waals surface area contributed by atoms with Crippen molar-refractivity contribution >= 4 is 29.7 Å². The van der Waals surface area contributed by atoms with E-state index in [-0.39, 0.29) is 25.0 Å². The summed E-state index contributed by atoms with van der Waals surface area (Å²) in [4.78, 5) is 62.3. The van der Waals surface area contributed by atoms with E-state index in [1.807, 2.05) is 0 Å². The molecule has 0 saturated heterocycles. The van der Waals surface area contributed by atoms with Gasteiger partial charge in [-0.05, 0) is 55.5 Å². The number of hydrogen-bond donors (Lipinski definition) is 8. The van der Waals surface area contributed by atoms with Crippen LogP contribution < -0.4 is 27.4 Å². The summed E-state index contributed by atoms with van der Waals surface area (Å²) < 4.78 is 0. The summed E-state index contributed by atoms with van der Waals surface area (Å²) in [7, 11) is 0. The summed E-state index contributed by atoms with van der Waals surface area (Å²) in [6.07, 6.45) is 0.302. The van der Waals surface area contributed by atoms with Crippen LogP contribution in [0.3, 0.4) is 0 Å². The minimum absolute atomic E-state index is 0.00198. The smallest absolute Gasteiger partial charge is 0.326 e. The fourth-order valence-corrected chi connectivity index (χ4v) is 4.00. The summed E-state index contributed by atoms with van der Waals surface area (Å²) in [6, 6.07) is 9.45. The standard InChI is InChI=1S/C28H37N5O8/c29-13-5-4-8-21(26(38)33-23(28(40)41)15-17-6-2-1-3-7-17)31-27(39)22(16-24(35)36)32-25(37)20(30)14-18-9-11-19(34)12-10-18/h1-3,6-7,9-12,20-23,34H,4-5,8,13-16,29-30H2,(H,31,39)(H,32,37)(H,33,38)(H,35,36)(H,40,41). The number of carbonyl (C=O) groups is 5. The third-order valence-corrected chi connectivity index (χ3v) is 6.22. The first-order chi connectivity index (χ1) is 19.5. The molecule has 222 valence electrons. The molecule has 13 nitrogen and oxygen atoms in total. The molecule has 4 atom stereocenters. The number of nitrogens with two attached hydrogens (primary N) is 2. The monoisotopic (exact) mass is 571 g/mol. The Hall–Kier alpha value is -4.49. The van der Waals surface area contributed by atoms with Crippen molar-refractivity contribution in [2.75, 3.05) is 6.54 Å². The van der Waals surface area contributed by atoms with E-state index >= 15 is 0 Å². The van der Waals surface area contributed by atoms with Gasteiger partial charge in [0.25, 0.3) is 0 Å². The van der Waals surface area contributed by atoms with Crippen LogP contribution in [0.15, 0.2) is 54.6 Å².